The van der Waals surface area contributed by atoms with Crippen molar-refractivity contribution >= 4 is 5.69 Å². The number of nitro benzene ring substituents is 1. The maximum absolute atomic E-state index is 12.0. The van der Waals surface area contributed by atoms with Crippen LogP contribution in [0.1, 0.15) is 24.4 Å². The first kappa shape index (κ1) is 13.4. The van der Waals surface area contributed by atoms with Gasteiger partial charge in [-0.05, 0) is 6.42 Å². The fourth-order valence-corrected chi connectivity index (χ4v) is 1.44. The highest BCUT2D eigenvalue weighted by atomic mass is 19.4. The highest BCUT2D eigenvalue weighted by Gasteiger charge is 2.29. The van der Waals surface area contributed by atoms with Gasteiger partial charge in [0.1, 0.15) is 0 Å². The van der Waals surface area contributed by atoms with E-state index in [9.17, 15) is 23.3 Å². The average Bonchev–Trinajstić information content (AvgIpc) is 2.25. The van der Waals surface area contributed by atoms with Crippen LogP contribution in [0, 0.1) is 10.1 Å². The molecule has 94 valence electrons. The van der Waals surface area contributed by atoms with Gasteiger partial charge in [0.25, 0.3) is 5.69 Å². The van der Waals surface area contributed by atoms with Crippen LogP contribution in [-0.2, 0) is 0 Å². The molecule has 0 radical (unpaired) electrons. The van der Waals surface area contributed by atoms with E-state index >= 15 is 0 Å². The van der Waals surface area contributed by atoms with E-state index in [-0.39, 0.29) is 17.7 Å². The fourth-order valence-electron chi connectivity index (χ4n) is 1.44. The Morgan fingerprint density at radius 2 is 1.94 bits per heavy atom. The Balaban J connectivity index is 2.82. The Morgan fingerprint density at radius 1 is 1.35 bits per heavy atom. The van der Waals surface area contributed by atoms with Crippen LogP contribution in [0.4, 0.5) is 18.9 Å². The van der Waals surface area contributed by atoms with Gasteiger partial charge in [0.2, 0.25) is 0 Å². The maximum atomic E-state index is 12.0. The van der Waals surface area contributed by atoms with Crippen molar-refractivity contribution in [3.8, 4) is 0 Å². The van der Waals surface area contributed by atoms with Gasteiger partial charge in [0.05, 0.1) is 4.92 Å². The van der Waals surface area contributed by atoms with Gasteiger partial charge in [0.15, 0.2) is 0 Å². The number of nitrogens with two attached hydrogens (primary N) is 1. The Kier molecular flexibility index (Phi) is 4.06. The molecule has 0 saturated carbocycles. The topological polar surface area (TPSA) is 69.2 Å². The summed E-state index contributed by atoms with van der Waals surface area (Å²) >= 11 is 0. The van der Waals surface area contributed by atoms with Crippen molar-refractivity contribution in [3.63, 3.8) is 0 Å². The van der Waals surface area contributed by atoms with Crippen LogP contribution in [0.5, 0.6) is 0 Å². The lowest BCUT2D eigenvalue weighted by molar-refractivity contribution is -0.385. The van der Waals surface area contributed by atoms with Crippen LogP contribution < -0.4 is 5.73 Å². The maximum Gasteiger partial charge on any atom is 0.389 e. The summed E-state index contributed by atoms with van der Waals surface area (Å²) < 4.78 is 36.0. The van der Waals surface area contributed by atoms with Gasteiger partial charge in [-0.2, -0.15) is 13.2 Å². The summed E-state index contributed by atoms with van der Waals surface area (Å²) in [5.74, 6) is 0. The van der Waals surface area contributed by atoms with Crippen molar-refractivity contribution < 1.29 is 18.1 Å². The summed E-state index contributed by atoms with van der Waals surface area (Å²) in [7, 11) is 0. The summed E-state index contributed by atoms with van der Waals surface area (Å²) in [6.07, 6.45) is -5.73. The monoisotopic (exact) mass is 248 g/mol. The smallest absolute Gasteiger partial charge is 0.324 e. The molecule has 0 spiro atoms. The summed E-state index contributed by atoms with van der Waals surface area (Å²) in [5, 5.41) is 10.7. The van der Waals surface area contributed by atoms with E-state index in [2.05, 4.69) is 0 Å². The van der Waals surface area contributed by atoms with Crippen molar-refractivity contribution in [2.75, 3.05) is 0 Å². The van der Waals surface area contributed by atoms with Crippen LogP contribution >= 0.6 is 0 Å². The number of alkyl halides is 3. The highest BCUT2D eigenvalue weighted by molar-refractivity contribution is 5.41. The predicted molar refractivity (Wildman–Crippen MR) is 55.3 cm³/mol. The molecule has 0 aliphatic rings. The van der Waals surface area contributed by atoms with Crippen molar-refractivity contribution in [2.24, 2.45) is 5.73 Å². The minimum atomic E-state index is -4.30. The molecule has 0 unspecified atom stereocenters. The van der Waals surface area contributed by atoms with Gasteiger partial charge in [-0.3, -0.25) is 10.1 Å². The zero-order valence-electron chi connectivity index (χ0n) is 8.78. The first-order chi connectivity index (χ1) is 7.81. The quantitative estimate of drug-likeness (QED) is 0.657. The molecule has 17 heavy (non-hydrogen) atoms. The van der Waals surface area contributed by atoms with Crippen molar-refractivity contribution in [3.05, 3.63) is 39.9 Å². The molecule has 1 aromatic carbocycles. The lowest BCUT2D eigenvalue weighted by atomic mass is 10.0. The zero-order valence-corrected chi connectivity index (χ0v) is 8.78. The minimum absolute atomic E-state index is 0.127. The molecule has 0 bridgehead atoms. The average molecular weight is 248 g/mol. The number of halogens is 3. The van der Waals surface area contributed by atoms with Gasteiger partial charge < -0.3 is 5.73 Å². The molecule has 0 saturated heterocycles. The molecule has 4 nitrogen and oxygen atoms in total. The van der Waals surface area contributed by atoms with E-state index in [0.717, 1.165) is 0 Å². The third-order valence-corrected chi connectivity index (χ3v) is 2.27. The second kappa shape index (κ2) is 5.13. The van der Waals surface area contributed by atoms with Gasteiger partial charge in [0, 0.05) is 24.1 Å². The van der Waals surface area contributed by atoms with Gasteiger partial charge in [-0.1, -0.05) is 18.2 Å². The van der Waals surface area contributed by atoms with Crippen LogP contribution in [0.3, 0.4) is 0 Å². The predicted octanol–water partition coefficient (Wildman–Crippen LogP) is 2.94. The molecular weight excluding hydrogens is 237 g/mol. The number of hydrogen-bond acceptors (Lipinski definition) is 3. The van der Waals surface area contributed by atoms with Crippen LogP contribution in [0.25, 0.3) is 0 Å². The molecule has 1 aromatic rings. The van der Waals surface area contributed by atoms with Gasteiger partial charge >= 0.3 is 6.18 Å². The summed E-state index contributed by atoms with van der Waals surface area (Å²) in [6, 6.07) is 4.56. The van der Waals surface area contributed by atoms with Crippen molar-refractivity contribution in [1.29, 1.82) is 0 Å². The Hall–Kier alpha value is -1.63. The number of nitrogens with zero attached hydrogens (tertiary/aromatic N) is 1. The Bertz CT molecular complexity index is 407. The Labute approximate surface area is 95.4 Å². The lowest BCUT2D eigenvalue weighted by Crippen LogP contribution is -2.16. The number of nitro groups is 1. The number of para-hydroxylation sites is 1. The molecule has 1 rings (SSSR count). The molecule has 7 heteroatoms. The van der Waals surface area contributed by atoms with Crippen molar-refractivity contribution in [1.82, 2.24) is 0 Å². The molecule has 2 N–H and O–H groups in total. The number of hydrogen-bond donors (Lipinski definition) is 1. The van der Waals surface area contributed by atoms with Crippen molar-refractivity contribution in [2.45, 2.75) is 25.1 Å². The van der Waals surface area contributed by atoms with E-state index in [4.69, 9.17) is 5.73 Å². The molecule has 0 heterocycles. The molecule has 0 aliphatic heterocycles. The summed E-state index contributed by atoms with van der Waals surface area (Å²) in [6.45, 7) is 0. The normalized spacial score (nSPS) is 13.4. The van der Waals surface area contributed by atoms with Crippen LogP contribution in [0.15, 0.2) is 24.3 Å². The molecule has 0 amide bonds. The lowest BCUT2D eigenvalue weighted by Gasteiger charge is -2.13. The third kappa shape index (κ3) is 4.03. The largest absolute Gasteiger partial charge is 0.389 e. The fraction of sp³-hybridized carbons (Fsp3) is 0.400. The van der Waals surface area contributed by atoms with E-state index in [1.54, 1.807) is 0 Å². The Morgan fingerprint density at radius 3 is 2.47 bits per heavy atom. The molecule has 0 fully saturated rings. The van der Waals surface area contributed by atoms with Gasteiger partial charge in [-0.15, -0.1) is 0 Å². The van der Waals surface area contributed by atoms with E-state index in [0.29, 0.717) is 0 Å². The first-order valence-corrected chi connectivity index (χ1v) is 4.87. The van der Waals surface area contributed by atoms with Crippen LogP contribution in [0.2, 0.25) is 0 Å². The summed E-state index contributed by atoms with van der Waals surface area (Å²) in [5.41, 5.74) is 5.41. The van der Waals surface area contributed by atoms with E-state index < -0.39 is 23.6 Å². The van der Waals surface area contributed by atoms with E-state index in [1.165, 1.54) is 24.3 Å². The zero-order chi connectivity index (χ0) is 13.1. The summed E-state index contributed by atoms with van der Waals surface area (Å²) in [4.78, 5) is 10.0. The standard InChI is InChI=1S/C10H11F3N2O2/c11-10(12,13)6-5-8(14)7-3-1-2-4-9(7)15(16)17/h1-4,8H,5-6,14H2/t8-/m1/s1. The second-order valence-corrected chi connectivity index (χ2v) is 3.58. The minimum Gasteiger partial charge on any atom is -0.324 e. The molecular formula is C10H11F3N2O2. The molecule has 1 atom stereocenters. The third-order valence-electron chi connectivity index (χ3n) is 2.27. The number of benzene rings is 1. The molecule has 0 aromatic heterocycles. The van der Waals surface area contributed by atoms with Crippen LogP contribution in [-0.4, -0.2) is 11.1 Å². The molecule has 0 aliphatic carbocycles. The number of rotatable bonds is 4. The first-order valence-electron chi connectivity index (χ1n) is 4.87. The highest BCUT2D eigenvalue weighted by Crippen LogP contribution is 2.30. The SMILES string of the molecule is N[C@H](CCC(F)(F)F)c1ccccc1[N+](=O)[O-]. The second-order valence-electron chi connectivity index (χ2n) is 3.58. The van der Waals surface area contributed by atoms with Gasteiger partial charge in [-0.25, -0.2) is 0 Å². The van der Waals surface area contributed by atoms with E-state index in [1.807, 2.05) is 0 Å².